The normalized spacial score (nSPS) is 16.5. The van der Waals surface area contributed by atoms with Gasteiger partial charge in [0.05, 0.1) is 0 Å². The van der Waals surface area contributed by atoms with E-state index in [1.807, 2.05) is 6.92 Å². The number of aromatic nitrogens is 2. The number of nitrogens with one attached hydrogen (secondary N) is 1. The van der Waals surface area contributed by atoms with Crippen molar-refractivity contribution in [2.75, 3.05) is 11.1 Å². The molecule has 2 rings (SSSR count). The molecule has 0 spiro atoms. The molecule has 4 heteroatoms. The molecule has 1 aliphatic carbocycles. The minimum Gasteiger partial charge on any atom is -0.384 e. The Morgan fingerprint density at radius 2 is 2.07 bits per heavy atom. The van der Waals surface area contributed by atoms with Gasteiger partial charge in [0.15, 0.2) is 0 Å². The van der Waals surface area contributed by atoms with Gasteiger partial charge in [0.1, 0.15) is 17.5 Å². The quantitative estimate of drug-likeness (QED) is 0.793. The Bertz CT molecular complexity index is 349. The van der Waals surface area contributed by atoms with Gasteiger partial charge in [-0.05, 0) is 39.5 Å². The number of hydrogen-bond donors (Lipinski definition) is 2. The lowest BCUT2D eigenvalue weighted by atomic mass is 9.99. The monoisotopic (exact) mass is 206 g/mol. The summed E-state index contributed by atoms with van der Waals surface area (Å²) in [6.45, 7) is 6.27. The molecule has 0 aromatic carbocycles. The van der Waals surface area contributed by atoms with Gasteiger partial charge in [-0.25, -0.2) is 9.97 Å². The lowest BCUT2D eigenvalue weighted by Gasteiger charge is -2.26. The van der Waals surface area contributed by atoms with Gasteiger partial charge in [-0.2, -0.15) is 0 Å². The number of rotatable bonds is 3. The molecule has 0 atom stereocenters. The maximum Gasteiger partial charge on any atom is 0.132 e. The second-order valence-electron chi connectivity index (χ2n) is 4.85. The summed E-state index contributed by atoms with van der Waals surface area (Å²) in [5, 5.41) is 3.43. The lowest BCUT2D eigenvalue weighted by molar-refractivity contribution is 0.492. The van der Waals surface area contributed by atoms with Crippen LogP contribution in [0.3, 0.4) is 0 Å². The van der Waals surface area contributed by atoms with E-state index in [0.717, 1.165) is 11.7 Å². The Balaban J connectivity index is 2.16. The van der Waals surface area contributed by atoms with Crippen molar-refractivity contribution in [1.29, 1.82) is 0 Å². The van der Waals surface area contributed by atoms with E-state index < -0.39 is 0 Å². The molecular formula is C11H18N4. The predicted molar refractivity (Wildman–Crippen MR) is 61.6 cm³/mol. The smallest absolute Gasteiger partial charge is 0.132 e. The molecule has 0 radical (unpaired) electrons. The fourth-order valence-electron chi connectivity index (χ4n) is 1.89. The Hall–Kier alpha value is -1.32. The Kier molecular flexibility index (Phi) is 2.29. The lowest BCUT2D eigenvalue weighted by Crippen LogP contribution is -2.33. The molecule has 15 heavy (non-hydrogen) atoms. The molecule has 0 bridgehead atoms. The first-order chi connectivity index (χ1) is 6.97. The van der Waals surface area contributed by atoms with E-state index in [2.05, 4.69) is 29.1 Å². The Morgan fingerprint density at radius 1 is 1.40 bits per heavy atom. The standard InChI is InChI=1S/C11H18N4/c1-7-13-9(12)6-10(14-7)15-11(2,3)8-4-5-8/h6,8H,4-5H2,1-3H3,(H3,12,13,14,15). The molecule has 1 saturated carbocycles. The van der Waals surface area contributed by atoms with E-state index in [0.29, 0.717) is 11.6 Å². The molecule has 1 fully saturated rings. The topological polar surface area (TPSA) is 63.8 Å². The molecule has 0 aliphatic heterocycles. The van der Waals surface area contributed by atoms with Crippen LogP contribution in [0.4, 0.5) is 11.6 Å². The minimum absolute atomic E-state index is 0.104. The highest BCUT2D eigenvalue weighted by atomic mass is 15.1. The van der Waals surface area contributed by atoms with Crippen LogP contribution in [0.1, 0.15) is 32.5 Å². The average Bonchev–Trinajstić information content (AvgIpc) is 2.80. The number of aryl methyl sites for hydroxylation is 1. The molecule has 4 nitrogen and oxygen atoms in total. The molecule has 0 amide bonds. The number of hydrogen-bond acceptors (Lipinski definition) is 4. The number of anilines is 2. The largest absolute Gasteiger partial charge is 0.384 e. The number of nitrogens with zero attached hydrogens (tertiary/aromatic N) is 2. The zero-order chi connectivity index (χ0) is 11.1. The van der Waals surface area contributed by atoms with Crippen molar-refractivity contribution in [3.8, 4) is 0 Å². The van der Waals surface area contributed by atoms with Crippen LogP contribution in [0.25, 0.3) is 0 Å². The molecule has 1 aliphatic rings. The Morgan fingerprint density at radius 3 is 2.60 bits per heavy atom. The summed E-state index contributed by atoms with van der Waals surface area (Å²) in [6, 6.07) is 1.79. The third-order valence-electron chi connectivity index (χ3n) is 2.91. The first-order valence-electron chi connectivity index (χ1n) is 5.37. The van der Waals surface area contributed by atoms with Crippen LogP contribution in [-0.4, -0.2) is 15.5 Å². The van der Waals surface area contributed by atoms with Crippen LogP contribution < -0.4 is 11.1 Å². The number of nitrogen functional groups attached to an aromatic ring is 1. The fourth-order valence-corrected chi connectivity index (χ4v) is 1.89. The molecule has 0 unspecified atom stereocenters. The average molecular weight is 206 g/mol. The summed E-state index contributed by atoms with van der Waals surface area (Å²) in [6.07, 6.45) is 2.61. The van der Waals surface area contributed by atoms with Crippen molar-refractivity contribution in [3.05, 3.63) is 11.9 Å². The zero-order valence-corrected chi connectivity index (χ0v) is 9.54. The predicted octanol–water partition coefficient (Wildman–Crippen LogP) is 1.97. The second kappa shape index (κ2) is 3.36. The van der Waals surface area contributed by atoms with Gasteiger partial charge < -0.3 is 11.1 Å². The van der Waals surface area contributed by atoms with E-state index in [-0.39, 0.29) is 5.54 Å². The fraction of sp³-hybridized carbons (Fsp3) is 0.636. The third kappa shape index (κ3) is 2.37. The van der Waals surface area contributed by atoms with Crippen LogP contribution in [0, 0.1) is 12.8 Å². The van der Waals surface area contributed by atoms with Gasteiger partial charge >= 0.3 is 0 Å². The molecule has 3 N–H and O–H groups in total. The van der Waals surface area contributed by atoms with Gasteiger partial charge in [-0.3, -0.25) is 0 Å². The van der Waals surface area contributed by atoms with Crippen LogP contribution in [-0.2, 0) is 0 Å². The van der Waals surface area contributed by atoms with Crippen molar-refractivity contribution in [3.63, 3.8) is 0 Å². The summed E-state index contributed by atoms with van der Waals surface area (Å²) >= 11 is 0. The van der Waals surface area contributed by atoms with Crippen LogP contribution in [0.15, 0.2) is 6.07 Å². The van der Waals surface area contributed by atoms with E-state index in [9.17, 15) is 0 Å². The minimum atomic E-state index is 0.104. The van der Waals surface area contributed by atoms with Crippen molar-refractivity contribution in [1.82, 2.24) is 9.97 Å². The molecular weight excluding hydrogens is 188 g/mol. The molecule has 0 saturated heterocycles. The van der Waals surface area contributed by atoms with Crippen LogP contribution in [0.5, 0.6) is 0 Å². The van der Waals surface area contributed by atoms with Gasteiger partial charge in [0, 0.05) is 11.6 Å². The van der Waals surface area contributed by atoms with Crippen molar-refractivity contribution in [2.45, 2.75) is 39.2 Å². The summed E-state index contributed by atoms with van der Waals surface area (Å²) in [5.74, 6) is 2.83. The van der Waals surface area contributed by atoms with Crippen molar-refractivity contribution in [2.24, 2.45) is 5.92 Å². The van der Waals surface area contributed by atoms with Crippen molar-refractivity contribution < 1.29 is 0 Å². The summed E-state index contributed by atoms with van der Waals surface area (Å²) in [7, 11) is 0. The second-order valence-corrected chi connectivity index (χ2v) is 4.85. The van der Waals surface area contributed by atoms with Gasteiger partial charge in [0.2, 0.25) is 0 Å². The maximum atomic E-state index is 5.68. The van der Waals surface area contributed by atoms with Crippen LogP contribution in [0.2, 0.25) is 0 Å². The molecule has 1 aromatic rings. The van der Waals surface area contributed by atoms with E-state index in [1.165, 1.54) is 12.8 Å². The summed E-state index contributed by atoms with van der Waals surface area (Å²) < 4.78 is 0. The SMILES string of the molecule is Cc1nc(N)cc(NC(C)(C)C2CC2)n1. The maximum absolute atomic E-state index is 5.68. The van der Waals surface area contributed by atoms with E-state index in [1.54, 1.807) is 6.07 Å². The molecule has 1 aromatic heterocycles. The third-order valence-corrected chi connectivity index (χ3v) is 2.91. The molecule has 1 heterocycles. The van der Waals surface area contributed by atoms with Crippen LogP contribution >= 0.6 is 0 Å². The highest BCUT2D eigenvalue weighted by Crippen LogP contribution is 2.40. The number of nitrogens with two attached hydrogens (primary N) is 1. The zero-order valence-electron chi connectivity index (χ0n) is 9.54. The highest BCUT2D eigenvalue weighted by molar-refractivity contribution is 5.46. The summed E-state index contributed by atoms with van der Waals surface area (Å²) in [4.78, 5) is 8.38. The van der Waals surface area contributed by atoms with E-state index in [4.69, 9.17) is 5.73 Å². The Labute approximate surface area is 90.3 Å². The summed E-state index contributed by atoms with van der Waals surface area (Å²) in [5.41, 5.74) is 5.78. The van der Waals surface area contributed by atoms with E-state index >= 15 is 0 Å². The van der Waals surface area contributed by atoms with Crippen molar-refractivity contribution >= 4 is 11.6 Å². The van der Waals surface area contributed by atoms with Gasteiger partial charge in [-0.15, -0.1) is 0 Å². The molecule has 82 valence electrons. The first-order valence-corrected chi connectivity index (χ1v) is 5.37. The highest BCUT2D eigenvalue weighted by Gasteiger charge is 2.37. The first kappa shape index (κ1) is 10.2. The van der Waals surface area contributed by atoms with Gasteiger partial charge in [-0.1, -0.05) is 0 Å². The van der Waals surface area contributed by atoms with Gasteiger partial charge in [0.25, 0.3) is 0 Å².